The highest BCUT2D eigenvalue weighted by atomic mass is 35.6. The number of ether oxygens (including phenoxy) is 1. The SMILES string of the molecule is O=C(N[C@@H](Cc1ccc(F)c(F)c1)C(=O)O)OCC(Cl)(Cl)Cl. The molecule has 0 aliphatic heterocycles. The Bertz CT molecular complexity index is 566. The number of hydrogen-bond donors (Lipinski definition) is 2. The van der Waals surface area contributed by atoms with Gasteiger partial charge in [-0.3, -0.25) is 0 Å². The Labute approximate surface area is 139 Å². The molecule has 0 saturated heterocycles. The highest BCUT2D eigenvalue weighted by Crippen LogP contribution is 2.25. The highest BCUT2D eigenvalue weighted by molar-refractivity contribution is 6.67. The van der Waals surface area contributed by atoms with E-state index in [0.29, 0.717) is 0 Å². The van der Waals surface area contributed by atoms with Crippen LogP contribution < -0.4 is 5.32 Å². The molecule has 0 bridgehead atoms. The van der Waals surface area contributed by atoms with Crippen molar-refractivity contribution in [1.82, 2.24) is 5.32 Å². The number of rotatable bonds is 5. The summed E-state index contributed by atoms with van der Waals surface area (Å²) in [5, 5.41) is 11.0. The summed E-state index contributed by atoms with van der Waals surface area (Å²) in [7, 11) is 0. The fourth-order valence-corrected chi connectivity index (χ4v) is 1.60. The van der Waals surface area contributed by atoms with Crippen LogP contribution in [0.4, 0.5) is 13.6 Å². The molecule has 0 aromatic heterocycles. The number of amides is 1. The molecule has 0 radical (unpaired) electrons. The summed E-state index contributed by atoms with van der Waals surface area (Å²) < 4.78 is 28.6. The molecule has 1 atom stereocenters. The molecule has 1 aromatic rings. The molecular formula is C12H10Cl3F2NO4. The van der Waals surface area contributed by atoms with Gasteiger partial charge in [-0.25, -0.2) is 18.4 Å². The monoisotopic (exact) mass is 375 g/mol. The van der Waals surface area contributed by atoms with E-state index < -0.39 is 40.1 Å². The van der Waals surface area contributed by atoms with Crippen LogP contribution in [0.2, 0.25) is 0 Å². The molecule has 22 heavy (non-hydrogen) atoms. The summed E-state index contributed by atoms with van der Waals surface area (Å²) in [5.74, 6) is -3.58. The zero-order valence-electron chi connectivity index (χ0n) is 10.8. The van der Waals surface area contributed by atoms with E-state index in [-0.39, 0.29) is 12.0 Å². The molecule has 1 aromatic carbocycles. The Morgan fingerprint density at radius 1 is 1.27 bits per heavy atom. The zero-order valence-corrected chi connectivity index (χ0v) is 13.1. The van der Waals surface area contributed by atoms with Gasteiger partial charge in [0.1, 0.15) is 12.6 Å². The predicted molar refractivity (Wildman–Crippen MR) is 76.3 cm³/mol. The first-order chi connectivity index (χ1) is 10.1. The van der Waals surface area contributed by atoms with Gasteiger partial charge in [-0.2, -0.15) is 0 Å². The number of carboxylic acids is 1. The molecule has 10 heteroatoms. The summed E-state index contributed by atoms with van der Waals surface area (Å²) >= 11 is 16.1. The van der Waals surface area contributed by atoms with Crippen molar-refractivity contribution < 1.29 is 28.2 Å². The fraction of sp³-hybridized carbons (Fsp3) is 0.333. The molecular weight excluding hydrogens is 366 g/mol. The number of carbonyl (C=O) groups excluding carboxylic acids is 1. The number of aliphatic carboxylic acids is 1. The van der Waals surface area contributed by atoms with E-state index in [4.69, 9.17) is 39.9 Å². The first-order valence-corrected chi connectivity index (χ1v) is 6.88. The van der Waals surface area contributed by atoms with Gasteiger partial charge in [-0.15, -0.1) is 0 Å². The van der Waals surface area contributed by atoms with Gasteiger partial charge in [0.25, 0.3) is 0 Å². The van der Waals surface area contributed by atoms with Crippen molar-refractivity contribution >= 4 is 46.9 Å². The van der Waals surface area contributed by atoms with Crippen molar-refractivity contribution in [2.75, 3.05) is 6.61 Å². The van der Waals surface area contributed by atoms with Gasteiger partial charge in [0.15, 0.2) is 11.6 Å². The first-order valence-electron chi connectivity index (χ1n) is 5.75. The highest BCUT2D eigenvalue weighted by Gasteiger charge is 2.25. The van der Waals surface area contributed by atoms with E-state index in [1.165, 1.54) is 6.07 Å². The molecule has 0 aliphatic rings. The van der Waals surface area contributed by atoms with Gasteiger partial charge in [-0.1, -0.05) is 40.9 Å². The second kappa shape index (κ2) is 7.80. The van der Waals surface area contributed by atoms with Crippen LogP contribution in [0, 0.1) is 11.6 Å². The summed E-state index contributed by atoms with van der Waals surface area (Å²) in [5.41, 5.74) is 0.174. The molecule has 1 rings (SSSR count). The van der Waals surface area contributed by atoms with Gasteiger partial charge in [0.05, 0.1) is 0 Å². The average Bonchev–Trinajstić information content (AvgIpc) is 2.39. The largest absolute Gasteiger partial charge is 0.480 e. The molecule has 0 saturated carbocycles. The van der Waals surface area contributed by atoms with Crippen LogP contribution in [-0.2, 0) is 16.0 Å². The number of hydrogen-bond acceptors (Lipinski definition) is 3. The van der Waals surface area contributed by atoms with Crippen molar-refractivity contribution in [3.63, 3.8) is 0 Å². The van der Waals surface area contributed by atoms with Crippen molar-refractivity contribution in [2.45, 2.75) is 16.3 Å². The number of alkyl halides is 3. The fourth-order valence-electron chi connectivity index (χ4n) is 1.43. The third kappa shape index (κ3) is 6.64. The maximum atomic E-state index is 13.1. The second-order valence-corrected chi connectivity index (χ2v) is 6.70. The van der Waals surface area contributed by atoms with Gasteiger partial charge >= 0.3 is 12.1 Å². The number of carbonyl (C=O) groups is 2. The average molecular weight is 377 g/mol. The molecule has 5 nitrogen and oxygen atoms in total. The number of nitrogens with one attached hydrogen (secondary N) is 1. The van der Waals surface area contributed by atoms with Gasteiger partial charge in [0.2, 0.25) is 3.79 Å². The van der Waals surface area contributed by atoms with E-state index in [1.807, 2.05) is 5.32 Å². The molecule has 0 unspecified atom stereocenters. The number of alkyl carbamates (subject to hydrolysis) is 1. The van der Waals surface area contributed by atoms with Gasteiger partial charge in [0, 0.05) is 6.42 Å². The van der Waals surface area contributed by atoms with E-state index in [1.54, 1.807) is 0 Å². The number of carboxylic acid groups (broad SMARTS) is 1. The molecule has 2 N–H and O–H groups in total. The summed E-state index contributed by atoms with van der Waals surface area (Å²) in [4.78, 5) is 22.5. The lowest BCUT2D eigenvalue weighted by Crippen LogP contribution is -2.43. The molecule has 0 spiro atoms. The van der Waals surface area contributed by atoms with E-state index >= 15 is 0 Å². The minimum Gasteiger partial charge on any atom is -0.480 e. The third-order valence-corrected chi connectivity index (χ3v) is 2.71. The van der Waals surface area contributed by atoms with E-state index in [0.717, 1.165) is 12.1 Å². The van der Waals surface area contributed by atoms with Crippen LogP contribution >= 0.6 is 34.8 Å². The van der Waals surface area contributed by atoms with Crippen LogP contribution in [0.15, 0.2) is 18.2 Å². The lowest BCUT2D eigenvalue weighted by molar-refractivity contribution is -0.139. The maximum Gasteiger partial charge on any atom is 0.408 e. The van der Waals surface area contributed by atoms with Crippen LogP contribution in [0.5, 0.6) is 0 Å². The molecule has 0 aliphatic carbocycles. The van der Waals surface area contributed by atoms with E-state index in [9.17, 15) is 18.4 Å². The van der Waals surface area contributed by atoms with Crippen molar-refractivity contribution in [1.29, 1.82) is 0 Å². The predicted octanol–water partition coefficient (Wildman–Crippen LogP) is 3.06. The minimum absolute atomic E-state index is 0.174. The summed E-state index contributed by atoms with van der Waals surface area (Å²) in [6.07, 6.45) is -1.41. The Morgan fingerprint density at radius 2 is 1.91 bits per heavy atom. The van der Waals surface area contributed by atoms with Gasteiger partial charge < -0.3 is 15.2 Å². The van der Waals surface area contributed by atoms with Crippen molar-refractivity contribution in [3.05, 3.63) is 35.4 Å². The normalized spacial score (nSPS) is 12.6. The lowest BCUT2D eigenvalue weighted by atomic mass is 10.1. The molecule has 0 fully saturated rings. The first kappa shape index (κ1) is 18.7. The third-order valence-electron chi connectivity index (χ3n) is 2.38. The van der Waals surface area contributed by atoms with E-state index in [2.05, 4.69) is 4.74 Å². The molecule has 0 heterocycles. The Kier molecular flexibility index (Phi) is 6.65. The summed E-state index contributed by atoms with van der Waals surface area (Å²) in [6, 6.07) is 1.46. The van der Waals surface area contributed by atoms with Crippen LogP contribution in [-0.4, -0.2) is 33.6 Å². The zero-order chi connectivity index (χ0) is 16.9. The standard InChI is InChI=1S/C12H10Cl3F2NO4/c13-12(14,15)5-22-11(21)18-9(10(19)20)4-6-1-2-7(16)8(17)3-6/h1-3,9H,4-5H2,(H,18,21)(H,19,20)/t9-/m0/s1. The van der Waals surface area contributed by atoms with Crippen molar-refractivity contribution in [2.24, 2.45) is 0 Å². The number of benzene rings is 1. The van der Waals surface area contributed by atoms with Crippen molar-refractivity contribution in [3.8, 4) is 0 Å². The van der Waals surface area contributed by atoms with Gasteiger partial charge in [-0.05, 0) is 17.7 Å². The van der Waals surface area contributed by atoms with Crippen LogP contribution in [0.25, 0.3) is 0 Å². The Hall–Kier alpha value is -1.31. The number of halogens is 5. The molecule has 1 amide bonds. The molecule has 122 valence electrons. The smallest absolute Gasteiger partial charge is 0.408 e. The minimum atomic E-state index is -1.84. The topological polar surface area (TPSA) is 75.6 Å². The Balaban J connectivity index is 2.67. The maximum absolute atomic E-state index is 13.1. The van der Waals surface area contributed by atoms with Crippen LogP contribution in [0.1, 0.15) is 5.56 Å². The second-order valence-electron chi connectivity index (χ2n) is 4.18. The Morgan fingerprint density at radius 3 is 2.41 bits per heavy atom. The lowest BCUT2D eigenvalue weighted by Gasteiger charge is -2.16. The summed E-state index contributed by atoms with van der Waals surface area (Å²) in [6.45, 7) is -0.582. The quantitative estimate of drug-likeness (QED) is 0.775. The van der Waals surface area contributed by atoms with Crippen LogP contribution in [0.3, 0.4) is 0 Å².